The Balaban J connectivity index is 1.21. The van der Waals surface area contributed by atoms with E-state index in [4.69, 9.17) is 18.9 Å². The van der Waals surface area contributed by atoms with Crippen LogP contribution in [0.5, 0.6) is 5.88 Å². The van der Waals surface area contributed by atoms with Crippen molar-refractivity contribution in [1.82, 2.24) is 29.7 Å². The molecule has 0 radical (unpaired) electrons. The van der Waals surface area contributed by atoms with Crippen LogP contribution in [0.25, 0.3) is 22.3 Å². The molecule has 2 heterocycles. The third-order valence-corrected chi connectivity index (χ3v) is 8.97. The summed E-state index contributed by atoms with van der Waals surface area (Å²) in [6.45, 7) is 8.33. The van der Waals surface area contributed by atoms with E-state index in [-0.39, 0.29) is 49.3 Å². The summed E-state index contributed by atoms with van der Waals surface area (Å²) in [5.74, 6) is -2.73. The van der Waals surface area contributed by atoms with Gasteiger partial charge in [0.15, 0.2) is 11.2 Å². The van der Waals surface area contributed by atoms with Gasteiger partial charge in [-0.2, -0.15) is 9.97 Å². The molecule has 0 unspecified atom stereocenters. The fourth-order valence-corrected chi connectivity index (χ4v) is 6.45. The Morgan fingerprint density at radius 1 is 0.800 bits per heavy atom. The zero-order valence-corrected chi connectivity index (χ0v) is 34.2. The van der Waals surface area contributed by atoms with Crippen LogP contribution in [0, 0.1) is 0 Å². The van der Waals surface area contributed by atoms with Gasteiger partial charge in [0.05, 0.1) is 6.33 Å². The molecule has 0 saturated heterocycles. The van der Waals surface area contributed by atoms with Gasteiger partial charge in [-0.05, 0) is 69.4 Å². The number of alkyl carbamates (subject to hydrolysis) is 1. The minimum atomic E-state index is -1.29. The van der Waals surface area contributed by atoms with Gasteiger partial charge in [0.1, 0.15) is 37.5 Å². The zero-order chi connectivity index (χ0) is 43.2. The van der Waals surface area contributed by atoms with E-state index in [0.717, 1.165) is 32.7 Å². The molecule has 3 aromatic carbocycles. The molecule has 314 valence electrons. The average Bonchev–Trinajstić information content (AvgIpc) is 3.73. The van der Waals surface area contributed by atoms with Crippen molar-refractivity contribution in [1.29, 1.82) is 0 Å². The highest BCUT2D eigenvalue weighted by Crippen LogP contribution is 2.44. The number of rotatable bonds is 13. The highest BCUT2D eigenvalue weighted by Gasteiger charge is 2.36. The van der Waals surface area contributed by atoms with Gasteiger partial charge in [0.25, 0.3) is 0 Å². The second-order valence-corrected chi connectivity index (χ2v) is 15.9. The van der Waals surface area contributed by atoms with Crippen LogP contribution >= 0.6 is 0 Å². The lowest BCUT2D eigenvalue weighted by Crippen LogP contribution is -2.44. The summed E-state index contributed by atoms with van der Waals surface area (Å²) < 4.78 is 24.0. The minimum Gasteiger partial charge on any atom is -0.480 e. The number of imidazole rings is 1. The van der Waals surface area contributed by atoms with Crippen molar-refractivity contribution in [3.63, 3.8) is 0 Å². The lowest BCUT2D eigenvalue weighted by atomic mass is 9.98. The normalized spacial score (nSPS) is 12.2. The summed E-state index contributed by atoms with van der Waals surface area (Å²) in [6.07, 6.45) is -1.73. The number of benzene rings is 3. The van der Waals surface area contributed by atoms with Crippen molar-refractivity contribution in [3.05, 3.63) is 102 Å². The molecule has 60 heavy (non-hydrogen) atoms. The number of fused-ring (bicyclic) bond motifs is 4. The molecule has 5 aromatic rings. The van der Waals surface area contributed by atoms with Gasteiger partial charge in [-0.15, -0.1) is 4.90 Å². The lowest BCUT2D eigenvalue weighted by Gasteiger charge is -2.27. The average molecular weight is 822 g/mol. The molecule has 0 saturated carbocycles. The largest absolute Gasteiger partial charge is 0.480 e. The van der Waals surface area contributed by atoms with Gasteiger partial charge in [0.2, 0.25) is 17.7 Å². The van der Waals surface area contributed by atoms with Crippen molar-refractivity contribution < 1.29 is 48.0 Å². The SMILES string of the molecule is CC(C)(C)OC(=O)N(C(=O)OC(C)(C)C)c1nc(OCc2ccccc2)c2ncn(CC(=O)N(CCNC(=O)OCC3c4ccccc4-c4ccccc43)CC(=O)O)c2n1. The Morgan fingerprint density at radius 2 is 1.38 bits per heavy atom. The number of hydrogen-bond donors (Lipinski definition) is 2. The summed E-state index contributed by atoms with van der Waals surface area (Å²) >= 11 is 0. The van der Waals surface area contributed by atoms with Crippen molar-refractivity contribution in [2.24, 2.45) is 0 Å². The first-order valence-electron chi connectivity index (χ1n) is 19.2. The predicted octanol–water partition coefficient (Wildman–Crippen LogP) is 6.53. The summed E-state index contributed by atoms with van der Waals surface area (Å²) in [4.78, 5) is 80.5. The smallest absolute Gasteiger partial charge is 0.427 e. The maximum atomic E-state index is 13.8. The summed E-state index contributed by atoms with van der Waals surface area (Å²) in [5, 5.41) is 12.3. The molecule has 1 aliphatic rings. The molecule has 0 spiro atoms. The fourth-order valence-electron chi connectivity index (χ4n) is 6.45. The molecule has 2 aromatic heterocycles. The number of carbonyl (C=O) groups excluding carboxylic acids is 4. The molecule has 0 atom stereocenters. The third-order valence-electron chi connectivity index (χ3n) is 8.97. The molecule has 17 heteroatoms. The fraction of sp³-hybridized carbons (Fsp3) is 0.349. The van der Waals surface area contributed by atoms with E-state index < -0.39 is 60.4 Å². The topological polar surface area (TPSA) is 205 Å². The Kier molecular flexibility index (Phi) is 12.7. The van der Waals surface area contributed by atoms with Gasteiger partial charge in [-0.3, -0.25) is 9.59 Å². The Hall–Kier alpha value is -7.04. The number of carboxylic acid groups (broad SMARTS) is 1. The number of aromatic nitrogens is 4. The van der Waals surface area contributed by atoms with Crippen molar-refractivity contribution in [2.45, 2.75) is 71.8 Å². The number of carbonyl (C=O) groups is 5. The maximum absolute atomic E-state index is 13.8. The first kappa shape index (κ1) is 42.6. The van der Waals surface area contributed by atoms with Crippen LogP contribution in [0.15, 0.2) is 85.2 Å². The molecule has 0 aliphatic heterocycles. The van der Waals surface area contributed by atoms with Crippen LogP contribution in [-0.4, -0.2) is 97.1 Å². The van der Waals surface area contributed by atoms with E-state index in [1.165, 1.54) is 10.9 Å². The van der Waals surface area contributed by atoms with E-state index in [1.807, 2.05) is 78.9 Å². The third kappa shape index (κ3) is 10.5. The van der Waals surface area contributed by atoms with Crippen molar-refractivity contribution >= 4 is 47.3 Å². The number of ether oxygens (including phenoxy) is 4. The van der Waals surface area contributed by atoms with Crippen LogP contribution < -0.4 is 15.0 Å². The van der Waals surface area contributed by atoms with Gasteiger partial charge < -0.3 is 38.8 Å². The number of amides is 4. The lowest BCUT2D eigenvalue weighted by molar-refractivity contribution is -0.144. The molecule has 0 fully saturated rings. The van der Waals surface area contributed by atoms with Gasteiger partial charge in [-0.1, -0.05) is 78.9 Å². The zero-order valence-electron chi connectivity index (χ0n) is 34.2. The Labute approximate surface area is 346 Å². The van der Waals surface area contributed by atoms with E-state index in [0.29, 0.717) is 4.90 Å². The predicted molar refractivity (Wildman–Crippen MR) is 218 cm³/mol. The molecule has 6 rings (SSSR count). The number of imide groups is 1. The second kappa shape index (κ2) is 17.8. The number of anilines is 1. The van der Waals surface area contributed by atoms with Crippen molar-refractivity contribution in [3.8, 4) is 17.0 Å². The van der Waals surface area contributed by atoms with E-state index in [1.54, 1.807) is 41.5 Å². The van der Waals surface area contributed by atoms with E-state index >= 15 is 0 Å². The Bertz CT molecular complexity index is 2310. The van der Waals surface area contributed by atoms with Gasteiger partial charge >= 0.3 is 24.2 Å². The van der Waals surface area contributed by atoms with Gasteiger partial charge in [-0.25, -0.2) is 19.4 Å². The quantitative estimate of drug-likeness (QED) is 0.121. The number of carboxylic acids is 1. The molecule has 4 amide bonds. The first-order chi connectivity index (χ1) is 28.5. The van der Waals surface area contributed by atoms with Crippen LogP contribution in [0.3, 0.4) is 0 Å². The standard InChI is InChI=1S/C43H47N7O10/c1-42(2,3)59-40(55)50(41(56)60-43(4,5)6)38-46-36-35(37(47-38)57-24-27-14-8-7-9-15-27)45-26-49(36)22-33(51)48(23-34(52)53)21-20-44-39(54)58-25-32-30-18-12-10-16-28(30)29-17-11-13-19-31(29)32/h7-19,26,32H,20-25H2,1-6H3,(H,44,54)(H,52,53). The number of nitrogens with one attached hydrogen (secondary N) is 1. The second-order valence-electron chi connectivity index (χ2n) is 15.9. The number of aliphatic carboxylic acids is 1. The van der Waals surface area contributed by atoms with E-state index in [9.17, 15) is 29.1 Å². The van der Waals surface area contributed by atoms with E-state index in [2.05, 4.69) is 20.3 Å². The maximum Gasteiger partial charge on any atom is 0.427 e. The van der Waals surface area contributed by atoms with Crippen molar-refractivity contribution in [2.75, 3.05) is 31.1 Å². The number of hydrogen-bond acceptors (Lipinski definition) is 12. The Morgan fingerprint density at radius 3 is 1.97 bits per heavy atom. The monoisotopic (exact) mass is 821 g/mol. The highest BCUT2D eigenvalue weighted by atomic mass is 16.6. The molecule has 0 bridgehead atoms. The summed E-state index contributed by atoms with van der Waals surface area (Å²) in [5.41, 5.74) is 3.02. The van der Waals surface area contributed by atoms with Crippen LogP contribution in [-0.2, 0) is 37.0 Å². The minimum absolute atomic E-state index is 0.0140. The molecule has 2 N–H and O–H groups in total. The van der Waals surface area contributed by atoms with Crippen LogP contribution in [0.1, 0.15) is 64.2 Å². The van der Waals surface area contributed by atoms with Crippen LogP contribution in [0.2, 0.25) is 0 Å². The van der Waals surface area contributed by atoms with Crippen LogP contribution in [0.4, 0.5) is 20.3 Å². The number of nitrogens with zero attached hydrogens (tertiary/aromatic N) is 6. The molecule has 17 nitrogen and oxygen atoms in total. The summed E-state index contributed by atoms with van der Waals surface area (Å²) in [6, 6.07) is 25.0. The molecular weight excluding hydrogens is 775 g/mol. The summed E-state index contributed by atoms with van der Waals surface area (Å²) in [7, 11) is 0. The molecular formula is C43H47N7O10. The first-order valence-corrected chi connectivity index (χ1v) is 19.2. The van der Waals surface area contributed by atoms with Gasteiger partial charge in [0, 0.05) is 19.0 Å². The highest BCUT2D eigenvalue weighted by molar-refractivity contribution is 6.08. The molecule has 1 aliphatic carbocycles.